The molecule has 0 fully saturated rings. The Morgan fingerprint density at radius 1 is 1.12 bits per heavy atom. The summed E-state index contributed by atoms with van der Waals surface area (Å²) in [5, 5.41) is 2.77. The molecule has 0 saturated heterocycles. The number of sulfonamides is 1. The number of rotatable bonds is 5. The van der Waals surface area contributed by atoms with Crippen LogP contribution >= 0.6 is 0 Å². The Morgan fingerprint density at radius 3 is 2.44 bits per heavy atom. The maximum Gasteiger partial charge on any atom is 0.255 e. The van der Waals surface area contributed by atoms with Crippen molar-refractivity contribution in [1.82, 2.24) is 0 Å². The van der Waals surface area contributed by atoms with Gasteiger partial charge in [-0.3, -0.25) is 9.10 Å². The van der Waals surface area contributed by atoms with E-state index in [1.54, 1.807) is 49.4 Å². The lowest BCUT2D eigenvalue weighted by atomic mass is 10.2. The summed E-state index contributed by atoms with van der Waals surface area (Å²) in [5.74, 6) is 0.926. The van der Waals surface area contributed by atoms with Gasteiger partial charge in [-0.25, -0.2) is 8.42 Å². The second kappa shape index (κ2) is 6.64. The van der Waals surface area contributed by atoms with Crippen LogP contribution in [0.25, 0.3) is 0 Å². The summed E-state index contributed by atoms with van der Waals surface area (Å²) >= 11 is 0. The Balaban J connectivity index is 1.75. The zero-order valence-corrected chi connectivity index (χ0v) is 14.7. The predicted octanol–water partition coefficient (Wildman–Crippen LogP) is 2.45. The van der Waals surface area contributed by atoms with Crippen LogP contribution < -0.4 is 19.1 Å². The molecule has 0 bridgehead atoms. The van der Waals surface area contributed by atoms with Crippen LogP contribution in [0.15, 0.2) is 42.5 Å². The molecule has 0 radical (unpaired) electrons. The number of anilines is 2. The number of ether oxygens (including phenoxy) is 2. The standard InChI is InChI=1S/C17H18N2O5S/c1-3-19(25(2,21)22)14-7-4-12(5-8-14)17(20)18-13-6-9-15-16(10-13)24-11-23-15/h4-10H,3,11H2,1-2H3,(H,18,20). The zero-order valence-electron chi connectivity index (χ0n) is 13.9. The summed E-state index contributed by atoms with van der Waals surface area (Å²) in [7, 11) is -3.35. The molecule has 2 aromatic rings. The molecule has 0 aliphatic carbocycles. The van der Waals surface area contributed by atoms with Crippen LogP contribution in [-0.2, 0) is 10.0 Å². The Kier molecular flexibility index (Phi) is 4.54. The number of amides is 1. The number of carbonyl (C=O) groups excluding carboxylic acids is 1. The molecule has 1 heterocycles. The van der Waals surface area contributed by atoms with Crippen molar-refractivity contribution >= 4 is 27.3 Å². The Labute approximate surface area is 146 Å². The highest BCUT2D eigenvalue weighted by Crippen LogP contribution is 2.34. The minimum Gasteiger partial charge on any atom is -0.454 e. The molecule has 1 amide bonds. The molecule has 132 valence electrons. The summed E-state index contributed by atoms with van der Waals surface area (Å²) in [5.41, 5.74) is 1.53. The van der Waals surface area contributed by atoms with Crippen LogP contribution in [0.3, 0.4) is 0 Å². The van der Waals surface area contributed by atoms with Gasteiger partial charge in [0.25, 0.3) is 5.91 Å². The SMILES string of the molecule is CCN(c1ccc(C(=O)Nc2ccc3c(c2)OCO3)cc1)S(C)(=O)=O. The van der Waals surface area contributed by atoms with Gasteiger partial charge in [-0.2, -0.15) is 0 Å². The third kappa shape index (κ3) is 3.69. The van der Waals surface area contributed by atoms with Crippen LogP contribution in [0.1, 0.15) is 17.3 Å². The molecule has 8 heteroatoms. The van der Waals surface area contributed by atoms with Gasteiger partial charge in [0.1, 0.15) is 0 Å². The van der Waals surface area contributed by atoms with Crippen LogP contribution in [0.4, 0.5) is 11.4 Å². The highest BCUT2D eigenvalue weighted by Gasteiger charge is 2.17. The van der Waals surface area contributed by atoms with E-state index in [2.05, 4.69) is 5.32 Å². The smallest absolute Gasteiger partial charge is 0.255 e. The van der Waals surface area contributed by atoms with Crippen molar-refractivity contribution < 1.29 is 22.7 Å². The fraction of sp³-hybridized carbons (Fsp3) is 0.235. The van der Waals surface area contributed by atoms with Gasteiger partial charge in [0.05, 0.1) is 11.9 Å². The van der Waals surface area contributed by atoms with Crippen molar-refractivity contribution in [2.75, 3.05) is 29.2 Å². The normalized spacial score (nSPS) is 12.7. The van der Waals surface area contributed by atoms with Crippen LogP contribution in [0.2, 0.25) is 0 Å². The van der Waals surface area contributed by atoms with E-state index in [0.717, 1.165) is 6.26 Å². The molecule has 0 saturated carbocycles. The van der Waals surface area contributed by atoms with E-state index in [1.165, 1.54) is 4.31 Å². The molecule has 7 nitrogen and oxygen atoms in total. The minimum absolute atomic E-state index is 0.169. The highest BCUT2D eigenvalue weighted by atomic mass is 32.2. The summed E-state index contributed by atoms with van der Waals surface area (Å²) in [6.45, 7) is 2.24. The molecule has 0 spiro atoms. The minimum atomic E-state index is -3.35. The highest BCUT2D eigenvalue weighted by molar-refractivity contribution is 7.92. The number of hydrogen-bond acceptors (Lipinski definition) is 5. The molecule has 2 aromatic carbocycles. The number of nitrogens with zero attached hydrogens (tertiary/aromatic N) is 1. The first-order valence-electron chi connectivity index (χ1n) is 7.67. The summed E-state index contributed by atoms with van der Waals surface area (Å²) in [6, 6.07) is 11.5. The van der Waals surface area contributed by atoms with E-state index >= 15 is 0 Å². The van der Waals surface area contributed by atoms with Gasteiger partial charge < -0.3 is 14.8 Å². The van der Waals surface area contributed by atoms with Gasteiger partial charge in [0.2, 0.25) is 16.8 Å². The van der Waals surface area contributed by atoms with Gasteiger partial charge in [-0.05, 0) is 43.3 Å². The van der Waals surface area contributed by atoms with E-state index in [-0.39, 0.29) is 12.7 Å². The number of hydrogen-bond donors (Lipinski definition) is 1. The van der Waals surface area contributed by atoms with Crippen LogP contribution in [-0.4, -0.2) is 33.9 Å². The summed E-state index contributed by atoms with van der Waals surface area (Å²) in [4.78, 5) is 12.3. The fourth-order valence-electron chi connectivity index (χ4n) is 2.57. The largest absolute Gasteiger partial charge is 0.454 e. The first kappa shape index (κ1) is 17.1. The monoisotopic (exact) mass is 362 g/mol. The Hall–Kier alpha value is -2.74. The summed E-state index contributed by atoms with van der Waals surface area (Å²) in [6.07, 6.45) is 1.15. The number of fused-ring (bicyclic) bond motifs is 1. The number of benzene rings is 2. The van der Waals surface area contributed by atoms with Crippen molar-refractivity contribution in [3.63, 3.8) is 0 Å². The first-order valence-corrected chi connectivity index (χ1v) is 9.52. The lowest BCUT2D eigenvalue weighted by Crippen LogP contribution is -2.29. The maximum atomic E-state index is 12.3. The average Bonchev–Trinajstić information content (AvgIpc) is 3.02. The molecule has 0 unspecified atom stereocenters. The van der Waals surface area contributed by atoms with Crippen molar-refractivity contribution in [2.45, 2.75) is 6.92 Å². The van der Waals surface area contributed by atoms with Crippen molar-refractivity contribution in [3.05, 3.63) is 48.0 Å². The van der Waals surface area contributed by atoms with Gasteiger partial charge in [-0.1, -0.05) is 0 Å². The van der Waals surface area contributed by atoms with E-state index in [1.807, 2.05) is 0 Å². The second-order valence-corrected chi connectivity index (χ2v) is 7.40. The van der Waals surface area contributed by atoms with Gasteiger partial charge in [0, 0.05) is 23.9 Å². The second-order valence-electron chi connectivity index (χ2n) is 5.50. The molecular formula is C17H18N2O5S. The van der Waals surface area contributed by atoms with Gasteiger partial charge in [0.15, 0.2) is 11.5 Å². The fourth-order valence-corrected chi connectivity index (χ4v) is 3.54. The van der Waals surface area contributed by atoms with Gasteiger partial charge >= 0.3 is 0 Å². The average molecular weight is 362 g/mol. The molecule has 25 heavy (non-hydrogen) atoms. The third-order valence-electron chi connectivity index (χ3n) is 3.74. The molecular weight excluding hydrogens is 344 g/mol. The van der Waals surface area contributed by atoms with E-state index in [9.17, 15) is 13.2 Å². The number of nitrogens with one attached hydrogen (secondary N) is 1. The molecule has 0 aromatic heterocycles. The summed E-state index contributed by atoms with van der Waals surface area (Å²) < 4.78 is 35.3. The Morgan fingerprint density at radius 2 is 1.80 bits per heavy atom. The van der Waals surface area contributed by atoms with Crippen LogP contribution in [0, 0.1) is 0 Å². The molecule has 1 aliphatic rings. The molecule has 1 N–H and O–H groups in total. The third-order valence-corrected chi connectivity index (χ3v) is 5.01. The Bertz CT molecular complexity index is 894. The maximum absolute atomic E-state index is 12.3. The lowest BCUT2D eigenvalue weighted by Gasteiger charge is -2.20. The first-order chi connectivity index (χ1) is 11.9. The number of carbonyl (C=O) groups is 1. The van der Waals surface area contributed by atoms with Crippen LogP contribution in [0.5, 0.6) is 11.5 Å². The van der Waals surface area contributed by atoms with Crippen molar-refractivity contribution in [3.8, 4) is 11.5 Å². The van der Waals surface area contributed by atoms with Crippen molar-refractivity contribution in [2.24, 2.45) is 0 Å². The predicted molar refractivity (Wildman–Crippen MR) is 94.8 cm³/mol. The van der Waals surface area contributed by atoms with E-state index < -0.39 is 10.0 Å². The van der Waals surface area contributed by atoms with E-state index in [4.69, 9.17) is 9.47 Å². The topological polar surface area (TPSA) is 84.9 Å². The molecule has 3 rings (SSSR count). The van der Waals surface area contributed by atoms with E-state index in [0.29, 0.717) is 35.0 Å². The molecule has 1 aliphatic heterocycles. The van der Waals surface area contributed by atoms with Crippen molar-refractivity contribution in [1.29, 1.82) is 0 Å². The van der Waals surface area contributed by atoms with Gasteiger partial charge in [-0.15, -0.1) is 0 Å². The zero-order chi connectivity index (χ0) is 18.0. The lowest BCUT2D eigenvalue weighted by molar-refractivity contribution is 0.102. The quantitative estimate of drug-likeness (QED) is 0.883. The molecule has 0 atom stereocenters.